The molecule has 34 heavy (non-hydrogen) atoms. The predicted octanol–water partition coefficient (Wildman–Crippen LogP) is 3.89. The Morgan fingerprint density at radius 2 is 1.68 bits per heavy atom. The number of carbonyl (C=O) groups is 1. The normalized spacial score (nSPS) is 18.2. The molecule has 0 unspecified atom stereocenters. The molecule has 10 heteroatoms. The van der Waals surface area contributed by atoms with Crippen LogP contribution in [0.25, 0.3) is 0 Å². The van der Waals surface area contributed by atoms with Crippen molar-refractivity contribution in [3.05, 3.63) is 58.1 Å². The number of piperazine rings is 1. The van der Waals surface area contributed by atoms with Crippen LogP contribution in [0.5, 0.6) is 5.75 Å². The molecule has 2 saturated heterocycles. The lowest BCUT2D eigenvalue weighted by Gasteiger charge is -2.39. The van der Waals surface area contributed by atoms with Crippen LogP contribution >= 0.6 is 23.2 Å². The second-order valence-corrected chi connectivity index (χ2v) is 11.5. The van der Waals surface area contributed by atoms with Gasteiger partial charge in [0.15, 0.2) is 0 Å². The first-order valence-electron chi connectivity index (χ1n) is 11.4. The van der Waals surface area contributed by atoms with Crippen LogP contribution in [0.15, 0.2) is 42.5 Å². The van der Waals surface area contributed by atoms with Crippen molar-refractivity contribution < 1.29 is 17.9 Å². The highest BCUT2D eigenvalue weighted by Gasteiger charge is 2.34. The van der Waals surface area contributed by atoms with Gasteiger partial charge in [0.05, 0.1) is 18.6 Å². The molecule has 1 amide bonds. The third kappa shape index (κ3) is 5.62. The molecule has 0 N–H and O–H groups in total. The molecule has 2 aliphatic rings. The van der Waals surface area contributed by atoms with Gasteiger partial charge in [0, 0.05) is 55.2 Å². The summed E-state index contributed by atoms with van der Waals surface area (Å²) < 4.78 is 32.8. The number of amides is 1. The number of carbonyl (C=O) groups excluding carboxylic acids is 1. The highest BCUT2D eigenvalue weighted by molar-refractivity contribution is 7.88. The molecule has 2 fully saturated rings. The molecular formula is C24H29Cl2N3O4S. The van der Waals surface area contributed by atoms with Gasteiger partial charge in [0.1, 0.15) is 5.75 Å². The zero-order valence-corrected chi connectivity index (χ0v) is 21.4. The highest BCUT2D eigenvalue weighted by Crippen LogP contribution is 2.30. The highest BCUT2D eigenvalue weighted by atomic mass is 35.5. The van der Waals surface area contributed by atoms with Gasteiger partial charge in [0.2, 0.25) is 15.9 Å². The minimum atomic E-state index is -3.53. The third-order valence-corrected chi connectivity index (χ3v) is 8.98. The fraction of sp³-hybridized carbons (Fsp3) is 0.458. The number of nitrogens with zero attached hydrogens (tertiary/aromatic N) is 3. The van der Waals surface area contributed by atoms with Gasteiger partial charge in [-0.25, -0.2) is 12.7 Å². The lowest BCUT2D eigenvalue weighted by molar-refractivity contribution is -0.137. The van der Waals surface area contributed by atoms with Gasteiger partial charge in [0.25, 0.3) is 0 Å². The minimum Gasteiger partial charge on any atom is -0.495 e. The number of piperidine rings is 1. The first kappa shape index (κ1) is 25.1. The maximum absolute atomic E-state index is 13.1. The maximum Gasteiger partial charge on any atom is 0.225 e. The summed E-state index contributed by atoms with van der Waals surface area (Å²) in [6.45, 7) is 3.44. The Bertz CT molecular complexity index is 1130. The molecule has 2 aromatic carbocycles. The number of benzene rings is 2. The van der Waals surface area contributed by atoms with Crippen molar-refractivity contribution in [2.75, 3.05) is 51.3 Å². The van der Waals surface area contributed by atoms with E-state index in [1.54, 1.807) is 25.3 Å². The summed E-state index contributed by atoms with van der Waals surface area (Å²) in [5.41, 5.74) is 1.56. The van der Waals surface area contributed by atoms with E-state index in [9.17, 15) is 13.2 Å². The number of para-hydroxylation sites is 2. The summed E-state index contributed by atoms with van der Waals surface area (Å²) in [5.74, 6) is 0.628. The van der Waals surface area contributed by atoms with Crippen molar-refractivity contribution in [2.45, 2.75) is 18.6 Å². The smallest absolute Gasteiger partial charge is 0.225 e. The van der Waals surface area contributed by atoms with Crippen molar-refractivity contribution in [3.63, 3.8) is 0 Å². The van der Waals surface area contributed by atoms with Gasteiger partial charge in [-0.1, -0.05) is 41.4 Å². The molecule has 0 aliphatic carbocycles. The Hall–Kier alpha value is -2.00. The van der Waals surface area contributed by atoms with Crippen LogP contribution in [0.2, 0.25) is 10.0 Å². The Labute approximate surface area is 211 Å². The zero-order valence-electron chi connectivity index (χ0n) is 19.1. The molecule has 2 heterocycles. The third-order valence-electron chi connectivity index (χ3n) is 6.57. The van der Waals surface area contributed by atoms with E-state index < -0.39 is 10.0 Å². The average molecular weight is 526 g/mol. The summed E-state index contributed by atoms with van der Waals surface area (Å²) in [4.78, 5) is 17.3. The lowest BCUT2D eigenvalue weighted by Crippen LogP contribution is -2.52. The van der Waals surface area contributed by atoms with Crippen LogP contribution in [0.1, 0.15) is 18.4 Å². The van der Waals surface area contributed by atoms with Gasteiger partial charge < -0.3 is 14.5 Å². The Kier molecular flexibility index (Phi) is 7.92. The zero-order chi connectivity index (χ0) is 24.3. The van der Waals surface area contributed by atoms with E-state index in [0.29, 0.717) is 54.6 Å². The fourth-order valence-corrected chi connectivity index (χ4v) is 6.77. The second kappa shape index (κ2) is 10.7. The standard InChI is InChI=1S/C24H29Cl2N3O4S/c1-33-23-5-3-2-4-22(23)27-12-14-28(15-13-27)24(30)18-8-10-29(11-9-18)34(31,32)17-19-6-7-20(25)16-21(19)26/h2-7,16,18H,8-15,17H2,1H3. The van der Waals surface area contributed by atoms with Crippen LogP contribution in [-0.2, 0) is 20.6 Å². The number of hydrogen-bond donors (Lipinski definition) is 0. The molecule has 2 aliphatic heterocycles. The molecule has 0 saturated carbocycles. The van der Waals surface area contributed by atoms with Crippen LogP contribution in [0, 0.1) is 5.92 Å². The first-order valence-corrected chi connectivity index (χ1v) is 13.7. The largest absolute Gasteiger partial charge is 0.495 e. The summed E-state index contributed by atoms with van der Waals surface area (Å²) >= 11 is 12.1. The molecule has 7 nitrogen and oxygen atoms in total. The summed E-state index contributed by atoms with van der Waals surface area (Å²) in [6, 6.07) is 12.7. The van der Waals surface area contributed by atoms with E-state index in [1.165, 1.54) is 4.31 Å². The summed E-state index contributed by atoms with van der Waals surface area (Å²) in [6.07, 6.45) is 1.05. The molecule has 0 aromatic heterocycles. The average Bonchev–Trinajstić information content (AvgIpc) is 2.85. The van der Waals surface area contributed by atoms with E-state index in [4.69, 9.17) is 27.9 Å². The Morgan fingerprint density at radius 3 is 2.32 bits per heavy atom. The van der Waals surface area contributed by atoms with Gasteiger partial charge in [-0.15, -0.1) is 0 Å². The first-order chi connectivity index (χ1) is 16.3. The topological polar surface area (TPSA) is 70.2 Å². The van der Waals surface area contributed by atoms with Crippen LogP contribution < -0.4 is 9.64 Å². The van der Waals surface area contributed by atoms with Crippen molar-refractivity contribution >= 4 is 44.8 Å². The van der Waals surface area contributed by atoms with Crippen molar-refractivity contribution in [1.29, 1.82) is 0 Å². The molecule has 2 aromatic rings. The van der Waals surface area contributed by atoms with E-state index >= 15 is 0 Å². The minimum absolute atomic E-state index is 0.123. The molecule has 0 atom stereocenters. The fourth-order valence-electron chi connectivity index (χ4n) is 4.62. The second-order valence-electron chi connectivity index (χ2n) is 8.65. The number of methoxy groups -OCH3 is 1. The van der Waals surface area contributed by atoms with E-state index in [1.807, 2.05) is 29.2 Å². The number of ether oxygens (including phenoxy) is 1. The van der Waals surface area contributed by atoms with Gasteiger partial charge in [-0.3, -0.25) is 4.79 Å². The van der Waals surface area contributed by atoms with Crippen molar-refractivity contribution in [1.82, 2.24) is 9.21 Å². The number of halogens is 2. The van der Waals surface area contributed by atoms with Crippen LogP contribution in [-0.4, -0.2) is 69.9 Å². The predicted molar refractivity (Wildman–Crippen MR) is 135 cm³/mol. The quantitative estimate of drug-likeness (QED) is 0.572. The number of sulfonamides is 1. The maximum atomic E-state index is 13.1. The van der Waals surface area contributed by atoms with E-state index in [2.05, 4.69) is 4.90 Å². The van der Waals surface area contributed by atoms with E-state index in [-0.39, 0.29) is 17.6 Å². The van der Waals surface area contributed by atoms with Gasteiger partial charge >= 0.3 is 0 Å². The number of rotatable bonds is 6. The van der Waals surface area contributed by atoms with Crippen molar-refractivity contribution in [2.24, 2.45) is 5.92 Å². The lowest BCUT2D eigenvalue weighted by atomic mass is 9.96. The SMILES string of the molecule is COc1ccccc1N1CCN(C(=O)C2CCN(S(=O)(=O)Cc3ccc(Cl)cc3Cl)CC2)CC1. The molecular weight excluding hydrogens is 497 g/mol. The molecule has 0 spiro atoms. The van der Waals surface area contributed by atoms with Gasteiger partial charge in [-0.05, 0) is 42.7 Å². The Balaban J connectivity index is 1.30. The van der Waals surface area contributed by atoms with Crippen molar-refractivity contribution in [3.8, 4) is 5.75 Å². The monoisotopic (exact) mass is 525 g/mol. The molecule has 4 rings (SSSR count). The van der Waals surface area contributed by atoms with Crippen LogP contribution in [0.4, 0.5) is 5.69 Å². The number of hydrogen-bond acceptors (Lipinski definition) is 5. The van der Waals surface area contributed by atoms with Gasteiger partial charge in [-0.2, -0.15) is 0 Å². The molecule has 0 bridgehead atoms. The summed E-state index contributed by atoms with van der Waals surface area (Å²) in [7, 11) is -1.87. The number of anilines is 1. The Morgan fingerprint density at radius 1 is 1.00 bits per heavy atom. The molecule has 0 radical (unpaired) electrons. The van der Waals surface area contributed by atoms with E-state index in [0.717, 1.165) is 24.5 Å². The molecule has 184 valence electrons. The van der Waals surface area contributed by atoms with Crippen LogP contribution in [0.3, 0.4) is 0 Å². The summed E-state index contributed by atoms with van der Waals surface area (Å²) in [5, 5.41) is 0.808.